The molecule has 1 heterocycles. The van der Waals surface area contributed by atoms with Gasteiger partial charge in [-0.1, -0.05) is 11.6 Å². The topological polar surface area (TPSA) is 95.2 Å². The van der Waals surface area contributed by atoms with Gasteiger partial charge < -0.3 is 10.2 Å². The second-order valence-corrected chi connectivity index (χ2v) is 4.60. The lowest BCUT2D eigenvalue weighted by molar-refractivity contribution is -0.384. The number of anilines is 1. The second kappa shape index (κ2) is 4.50. The van der Waals surface area contributed by atoms with Crippen molar-refractivity contribution in [3.8, 4) is 11.5 Å². The predicted octanol–water partition coefficient (Wildman–Crippen LogP) is 3.64. The largest absolute Gasteiger partial charge is 0.436 e. The maximum absolute atomic E-state index is 10.7. The van der Waals surface area contributed by atoms with Crippen molar-refractivity contribution >= 4 is 34.1 Å². The highest BCUT2D eigenvalue weighted by molar-refractivity contribution is 6.31. The lowest BCUT2D eigenvalue weighted by Gasteiger charge is -2.00. The Morgan fingerprint density at radius 1 is 1.25 bits per heavy atom. The van der Waals surface area contributed by atoms with Crippen LogP contribution in [-0.2, 0) is 0 Å². The third-order valence-electron chi connectivity index (χ3n) is 2.83. The average molecular weight is 290 g/mol. The van der Waals surface area contributed by atoms with E-state index in [1.807, 2.05) is 0 Å². The summed E-state index contributed by atoms with van der Waals surface area (Å²) < 4.78 is 5.57. The lowest BCUT2D eigenvalue weighted by Crippen LogP contribution is -1.94. The Hall–Kier alpha value is -2.60. The Morgan fingerprint density at radius 2 is 2.05 bits per heavy atom. The van der Waals surface area contributed by atoms with Crippen LogP contribution < -0.4 is 5.73 Å². The van der Waals surface area contributed by atoms with E-state index in [1.54, 1.807) is 18.2 Å². The first-order valence-electron chi connectivity index (χ1n) is 5.65. The summed E-state index contributed by atoms with van der Waals surface area (Å²) in [6.07, 6.45) is 0. The Labute approximate surface area is 117 Å². The minimum atomic E-state index is -0.508. The number of nitrogens with two attached hydrogens (primary N) is 1. The van der Waals surface area contributed by atoms with Crippen LogP contribution in [0.1, 0.15) is 0 Å². The Bertz CT molecular complexity index is 829. The number of nitrogens with zero attached hydrogens (tertiary/aromatic N) is 2. The Balaban J connectivity index is 2.13. The number of nitrogen functional groups attached to an aromatic ring is 1. The van der Waals surface area contributed by atoms with E-state index in [2.05, 4.69) is 4.98 Å². The maximum atomic E-state index is 10.7. The maximum Gasteiger partial charge on any atom is 0.271 e. The van der Waals surface area contributed by atoms with Gasteiger partial charge in [0.1, 0.15) is 5.52 Å². The van der Waals surface area contributed by atoms with Crippen LogP contribution in [-0.4, -0.2) is 9.91 Å². The van der Waals surface area contributed by atoms with Crippen molar-refractivity contribution < 1.29 is 9.34 Å². The fourth-order valence-electron chi connectivity index (χ4n) is 1.87. The van der Waals surface area contributed by atoms with Gasteiger partial charge in [0.15, 0.2) is 5.58 Å². The highest BCUT2D eigenvalue weighted by atomic mass is 35.5. The van der Waals surface area contributed by atoms with E-state index in [1.165, 1.54) is 18.2 Å². The minimum absolute atomic E-state index is 0.0783. The fourth-order valence-corrected chi connectivity index (χ4v) is 2.04. The summed E-state index contributed by atoms with van der Waals surface area (Å²) in [6.45, 7) is 0. The van der Waals surface area contributed by atoms with Gasteiger partial charge >= 0.3 is 0 Å². The number of rotatable bonds is 2. The molecule has 1 aromatic heterocycles. The smallest absolute Gasteiger partial charge is 0.271 e. The second-order valence-electron chi connectivity index (χ2n) is 4.16. The molecule has 0 fully saturated rings. The molecule has 7 heteroatoms. The van der Waals surface area contributed by atoms with Crippen LogP contribution in [0, 0.1) is 10.1 Å². The van der Waals surface area contributed by atoms with Crippen LogP contribution in [0.15, 0.2) is 40.8 Å². The summed E-state index contributed by atoms with van der Waals surface area (Å²) in [5.74, 6) is 0.301. The van der Waals surface area contributed by atoms with Crippen molar-refractivity contribution in [1.82, 2.24) is 4.98 Å². The first-order valence-corrected chi connectivity index (χ1v) is 6.03. The van der Waals surface area contributed by atoms with Gasteiger partial charge in [0, 0.05) is 17.2 Å². The van der Waals surface area contributed by atoms with Crippen LogP contribution >= 0.6 is 11.6 Å². The predicted molar refractivity (Wildman–Crippen MR) is 75.5 cm³/mol. The summed E-state index contributed by atoms with van der Waals surface area (Å²) in [5, 5.41) is 11.2. The number of oxazole rings is 1. The molecule has 0 amide bonds. The summed E-state index contributed by atoms with van der Waals surface area (Å²) in [6, 6.07) is 9.21. The molecule has 0 unspecified atom stereocenters. The molecule has 2 aromatic carbocycles. The molecule has 20 heavy (non-hydrogen) atoms. The van der Waals surface area contributed by atoms with Crippen LogP contribution in [0.25, 0.3) is 22.6 Å². The average Bonchev–Trinajstić information content (AvgIpc) is 2.80. The first-order chi connectivity index (χ1) is 9.54. The molecule has 0 aliphatic rings. The number of fused-ring (bicyclic) bond motifs is 1. The third kappa shape index (κ3) is 2.06. The van der Waals surface area contributed by atoms with E-state index >= 15 is 0 Å². The van der Waals surface area contributed by atoms with Gasteiger partial charge in [0.2, 0.25) is 5.89 Å². The molecule has 0 bridgehead atoms. The lowest BCUT2D eigenvalue weighted by atomic mass is 10.1. The number of benzene rings is 2. The summed E-state index contributed by atoms with van der Waals surface area (Å²) in [5.41, 5.74) is 7.64. The van der Waals surface area contributed by atoms with Gasteiger partial charge in [-0.05, 0) is 24.3 Å². The molecule has 0 aliphatic heterocycles. The standard InChI is InChI=1S/C13H8ClN3O3/c14-7-1-4-12-11(5-7)16-13(20-12)9-3-2-8(17(18)19)6-10(9)15/h1-6H,15H2. The van der Waals surface area contributed by atoms with Crippen molar-refractivity contribution in [2.45, 2.75) is 0 Å². The van der Waals surface area contributed by atoms with Crippen molar-refractivity contribution in [3.63, 3.8) is 0 Å². The van der Waals surface area contributed by atoms with Crippen molar-refractivity contribution in [3.05, 3.63) is 51.5 Å². The fraction of sp³-hybridized carbons (Fsp3) is 0. The highest BCUT2D eigenvalue weighted by Gasteiger charge is 2.14. The van der Waals surface area contributed by atoms with E-state index in [-0.39, 0.29) is 11.4 Å². The van der Waals surface area contributed by atoms with Crippen LogP contribution in [0.3, 0.4) is 0 Å². The number of nitro groups is 1. The summed E-state index contributed by atoms with van der Waals surface area (Å²) >= 11 is 5.88. The van der Waals surface area contributed by atoms with E-state index in [9.17, 15) is 10.1 Å². The van der Waals surface area contributed by atoms with Crippen LogP contribution in [0.4, 0.5) is 11.4 Å². The van der Waals surface area contributed by atoms with Gasteiger partial charge in [0.05, 0.1) is 16.2 Å². The summed E-state index contributed by atoms with van der Waals surface area (Å²) in [4.78, 5) is 14.4. The quantitative estimate of drug-likeness (QED) is 0.441. The molecule has 0 aliphatic carbocycles. The zero-order valence-electron chi connectivity index (χ0n) is 10.0. The molecule has 100 valence electrons. The zero-order valence-corrected chi connectivity index (χ0v) is 10.8. The van der Waals surface area contributed by atoms with Gasteiger partial charge in [-0.25, -0.2) is 4.98 Å². The van der Waals surface area contributed by atoms with E-state index in [0.717, 1.165) is 0 Å². The van der Waals surface area contributed by atoms with Gasteiger partial charge in [-0.3, -0.25) is 10.1 Å². The van der Waals surface area contributed by atoms with Gasteiger partial charge in [0.25, 0.3) is 5.69 Å². The van der Waals surface area contributed by atoms with Gasteiger partial charge in [-0.15, -0.1) is 0 Å². The van der Waals surface area contributed by atoms with Crippen molar-refractivity contribution in [1.29, 1.82) is 0 Å². The molecule has 3 rings (SSSR count). The molecule has 3 aromatic rings. The molecule has 0 atom stereocenters. The van der Waals surface area contributed by atoms with Gasteiger partial charge in [-0.2, -0.15) is 0 Å². The SMILES string of the molecule is Nc1cc([N+](=O)[O-])ccc1-c1nc2cc(Cl)ccc2o1. The highest BCUT2D eigenvalue weighted by Crippen LogP contribution is 2.31. The molecular weight excluding hydrogens is 282 g/mol. The molecular formula is C13H8ClN3O3. The molecule has 0 radical (unpaired) electrons. The number of hydrogen-bond donors (Lipinski definition) is 1. The first kappa shape index (κ1) is 12.4. The number of hydrogen-bond acceptors (Lipinski definition) is 5. The Kier molecular flexibility index (Phi) is 2.80. The van der Waals surface area contributed by atoms with Crippen LogP contribution in [0.2, 0.25) is 5.02 Å². The van der Waals surface area contributed by atoms with Crippen LogP contribution in [0.5, 0.6) is 0 Å². The number of non-ortho nitro benzene ring substituents is 1. The molecule has 0 saturated heterocycles. The molecule has 2 N–H and O–H groups in total. The van der Waals surface area contributed by atoms with E-state index < -0.39 is 4.92 Å². The third-order valence-corrected chi connectivity index (χ3v) is 3.06. The minimum Gasteiger partial charge on any atom is -0.436 e. The number of nitro benzene ring substituents is 1. The monoisotopic (exact) mass is 289 g/mol. The van der Waals surface area contributed by atoms with E-state index in [0.29, 0.717) is 27.6 Å². The van der Waals surface area contributed by atoms with Crippen molar-refractivity contribution in [2.75, 3.05) is 5.73 Å². The summed E-state index contributed by atoms with van der Waals surface area (Å²) in [7, 11) is 0. The number of halogens is 1. The normalized spacial score (nSPS) is 10.8. The van der Waals surface area contributed by atoms with Crippen molar-refractivity contribution in [2.24, 2.45) is 0 Å². The number of aromatic nitrogens is 1. The molecule has 0 spiro atoms. The molecule has 0 saturated carbocycles. The zero-order chi connectivity index (χ0) is 14.3. The molecule has 6 nitrogen and oxygen atoms in total. The Morgan fingerprint density at radius 3 is 2.75 bits per heavy atom. The van der Waals surface area contributed by atoms with E-state index in [4.69, 9.17) is 21.8 Å².